The minimum absolute atomic E-state index is 0.435. The molecular formula is C13H22N2. The highest BCUT2D eigenvalue weighted by Crippen LogP contribution is 2.19. The van der Waals surface area contributed by atoms with Crippen LogP contribution >= 0.6 is 0 Å². The molecule has 0 spiro atoms. The van der Waals surface area contributed by atoms with Crippen LogP contribution in [-0.2, 0) is 6.42 Å². The SMILES string of the molecule is CCc1cc(C(C)C)cc(NC(C)C)n1. The van der Waals surface area contributed by atoms with E-state index in [0.29, 0.717) is 12.0 Å². The first-order valence-corrected chi connectivity index (χ1v) is 5.80. The Morgan fingerprint density at radius 2 is 1.87 bits per heavy atom. The van der Waals surface area contributed by atoms with Crippen LogP contribution in [0.1, 0.15) is 51.8 Å². The monoisotopic (exact) mass is 206 g/mol. The van der Waals surface area contributed by atoms with Gasteiger partial charge in [0.1, 0.15) is 5.82 Å². The van der Waals surface area contributed by atoms with E-state index in [9.17, 15) is 0 Å². The second-order valence-electron chi connectivity index (χ2n) is 4.58. The molecule has 0 unspecified atom stereocenters. The van der Waals surface area contributed by atoms with Gasteiger partial charge in [0.15, 0.2) is 0 Å². The van der Waals surface area contributed by atoms with Crippen LogP contribution in [0.25, 0.3) is 0 Å². The molecule has 0 aliphatic rings. The summed E-state index contributed by atoms with van der Waals surface area (Å²) >= 11 is 0. The van der Waals surface area contributed by atoms with Gasteiger partial charge in [-0.05, 0) is 43.9 Å². The Labute approximate surface area is 93.1 Å². The minimum atomic E-state index is 0.435. The highest BCUT2D eigenvalue weighted by Gasteiger charge is 2.05. The molecule has 0 aliphatic carbocycles. The molecule has 2 heteroatoms. The van der Waals surface area contributed by atoms with Crippen molar-refractivity contribution in [2.24, 2.45) is 0 Å². The third kappa shape index (κ3) is 3.54. The first-order chi connectivity index (χ1) is 7.02. The lowest BCUT2D eigenvalue weighted by molar-refractivity contribution is 0.842. The highest BCUT2D eigenvalue weighted by molar-refractivity contribution is 5.41. The third-order valence-corrected chi connectivity index (χ3v) is 2.37. The van der Waals surface area contributed by atoms with Gasteiger partial charge in [-0.15, -0.1) is 0 Å². The molecule has 1 rings (SSSR count). The van der Waals surface area contributed by atoms with Gasteiger partial charge in [0.2, 0.25) is 0 Å². The van der Waals surface area contributed by atoms with Crippen molar-refractivity contribution in [2.45, 2.75) is 53.0 Å². The van der Waals surface area contributed by atoms with E-state index >= 15 is 0 Å². The fourth-order valence-corrected chi connectivity index (χ4v) is 1.50. The van der Waals surface area contributed by atoms with Crippen LogP contribution in [0.15, 0.2) is 12.1 Å². The van der Waals surface area contributed by atoms with E-state index in [1.54, 1.807) is 0 Å². The lowest BCUT2D eigenvalue weighted by Gasteiger charge is -2.14. The number of nitrogens with zero attached hydrogens (tertiary/aromatic N) is 1. The molecule has 0 aliphatic heterocycles. The van der Waals surface area contributed by atoms with Gasteiger partial charge in [-0.1, -0.05) is 20.8 Å². The number of pyridine rings is 1. The minimum Gasteiger partial charge on any atom is -0.368 e. The van der Waals surface area contributed by atoms with Gasteiger partial charge in [0, 0.05) is 11.7 Å². The normalized spacial score (nSPS) is 11.1. The van der Waals surface area contributed by atoms with E-state index in [2.05, 4.69) is 57.1 Å². The summed E-state index contributed by atoms with van der Waals surface area (Å²) in [6, 6.07) is 4.80. The van der Waals surface area contributed by atoms with Crippen molar-refractivity contribution in [1.29, 1.82) is 0 Å². The second-order valence-corrected chi connectivity index (χ2v) is 4.58. The first kappa shape index (κ1) is 12.0. The van der Waals surface area contributed by atoms with Gasteiger partial charge in [0.05, 0.1) is 0 Å². The van der Waals surface area contributed by atoms with Crippen molar-refractivity contribution < 1.29 is 0 Å². The molecule has 2 nitrogen and oxygen atoms in total. The van der Waals surface area contributed by atoms with Gasteiger partial charge >= 0.3 is 0 Å². The standard InChI is InChI=1S/C13H22N2/c1-6-12-7-11(9(2)3)8-13(15-12)14-10(4)5/h7-10H,6H2,1-5H3,(H,14,15). The fraction of sp³-hybridized carbons (Fsp3) is 0.615. The van der Waals surface area contributed by atoms with Crippen LogP contribution in [0.4, 0.5) is 5.82 Å². The number of anilines is 1. The predicted octanol–water partition coefficient (Wildman–Crippen LogP) is 3.59. The predicted molar refractivity (Wildman–Crippen MR) is 66.5 cm³/mol. The fourth-order valence-electron chi connectivity index (χ4n) is 1.50. The van der Waals surface area contributed by atoms with Crippen LogP contribution in [0, 0.1) is 0 Å². The molecule has 0 saturated carbocycles. The molecule has 0 aromatic carbocycles. The van der Waals surface area contributed by atoms with E-state index in [-0.39, 0.29) is 0 Å². The van der Waals surface area contributed by atoms with Gasteiger partial charge < -0.3 is 5.32 Å². The Hall–Kier alpha value is -1.05. The first-order valence-electron chi connectivity index (χ1n) is 5.80. The Balaban J connectivity index is 3.00. The molecule has 1 N–H and O–H groups in total. The summed E-state index contributed by atoms with van der Waals surface area (Å²) in [5.74, 6) is 1.57. The van der Waals surface area contributed by atoms with Crippen molar-refractivity contribution in [3.05, 3.63) is 23.4 Å². The average Bonchev–Trinajstić information content (AvgIpc) is 2.16. The molecule has 1 heterocycles. The van der Waals surface area contributed by atoms with Crippen LogP contribution in [0.2, 0.25) is 0 Å². The zero-order valence-electron chi connectivity index (χ0n) is 10.5. The zero-order chi connectivity index (χ0) is 11.4. The molecule has 0 atom stereocenters. The molecule has 15 heavy (non-hydrogen) atoms. The molecule has 84 valence electrons. The Bertz CT molecular complexity index is 316. The molecule has 1 aromatic heterocycles. The van der Waals surface area contributed by atoms with Gasteiger partial charge in [0.25, 0.3) is 0 Å². The van der Waals surface area contributed by atoms with E-state index in [0.717, 1.165) is 12.2 Å². The molecule has 0 saturated heterocycles. The summed E-state index contributed by atoms with van der Waals surface area (Å²) in [5.41, 5.74) is 2.54. The number of nitrogens with one attached hydrogen (secondary N) is 1. The van der Waals surface area contributed by atoms with Crippen molar-refractivity contribution in [2.75, 3.05) is 5.32 Å². The lowest BCUT2D eigenvalue weighted by Crippen LogP contribution is -2.12. The van der Waals surface area contributed by atoms with Crippen molar-refractivity contribution in [1.82, 2.24) is 4.98 Å². The number of rotatable bonds is 4. The maximum Gasteiger partial charge on any atom is 0.126 e. The van der Waals surface area contributed by atoms with Crippen molar-refractivity contribution >= 4 is 5.82 Å². The topological polar surface area (TPSA) is 24.9 Å². The summed E-state index contributed by atoms with van der Waals surface area (Å²) in [5, 5.41) is 3.36. The number of hydrogen-bond acceptors (Lipinski definition) is 2. The smallest absolute Gasteiger partial charge is 0.126 e. The van der Waals surface area contributed by atoms with Crippen LogP contribution in [0.5, 0.6) is 0 Å². The molecular weight excluding hydrogens is 184 g/mol. The Morgan fingerprint density at radius 1 is 1.20 bits per heavy atom. The lowest BCUT2D eigenvalue weighted by atomic mass is 10.0. The number of hydrogen-bond donors (Lipinski definition) is 1. The summed E-state index contributed by atoms with van der Waals surface area (Å²) in [4.78, 5) is 4.56. The largest absolute Gasteiger partial charge is 0.368 e. The highest BCUT2D eigenvalue weighted by atomic mass is 15.0. The van der Waals surface area contributed by atoms with E-state index in [4.69, 9.17) is 0 Å². The van der Waals surface area contributed by atoms with Crippen molar-refractivity contribution in [3.63, 3.8) is 0 Å². The van der Waals surface area contributed by atoms with Gasteiger partial charge in [-0.25, -0.2) is 4.98 Å². The van der Waals surface area contributed by atoms with E-state index in [1.165, 1.54) is 11.3 Å². The number of aromatic nitrogens is 1. The van der Waals surface area contributed by atoms with Gasteiger partial charge in [-0.2, -0.15) is 0 Å². The van der Waals surface area contributed by atoms with Crippen LogP contribution in [-0.4, -0.2) is 11.0 Å². The quantitative estimate of drug-likeness (QED) is 0.814. The summed E-state index contributed by atoms with van der Waals surface area (Å²) in [6.07, 6.45) is 0.993. The summed E-state index contributed by atoms with van der Waals surface area (Å²) < 4.78 is 0. The van der Waals surface area contributed by atoms with E-state index < -0.39 is 0 Å². The summed E-state index contributed by atoms with van der Waals surface area (Å²) in [6.45, 7) is 10.8. The Morgan fingerprint density at radius 3 is 2.33 bits per heavy atom. The average molecular weight is 206 g/mol. The second kappa shape index (κ2) is 5.15. The maximum absolute atomic E-state index is 4.56. The zero-order valence-corrected chi connectivity index (χ0v) is 10.5. The van der Waals surface area contributed by atoms with E-state index in [1.807, 2.05) is 0 Å². The maximum atomic E-state index is 4.56. The molecule has 0 radical (unpaired) electrons. The molecule has 0 bridgehead atoms. The number of aryl methyl sites for hydroxylation is 1. The Kier molecular flexibility index (Phi) is 4.13. The van der Waals surface area contributed by atoms with Gasteiger partial charge in [-0.3, -0.25) is 0 Å². The van der Waals surface area contributed by atoms with Crippen LogP contribution < -0.4 is 5.32 Å². The molecule has 0 amide bonds. The van der Waals surface area contributed by atoms with Crippen LogP contribution in [0.3, 0.4) is 0 Å². The third-order valence-electron chi connectivity index (χ3n) is 2.37. The molecule has 0 fully saturated rings. The van der Waals surface area contributed by atoms with Crippen molar-refractivity contribution in [3.8, 4) is 0 Å². The molecule has 1 aromatic rings. The summed E-state index contributed by atoms with van der Waals surface area (Å²) in [7, 11) is 0.